The van der Waals surface area contributed by atoms with E-state index in [4.69, 9.17) is 0 Å². The van der Waals surface area contributed by atoms with Crippen molar-refractivity contribution in [2.45, 2.75) is 13.3 Å². The van der Waals surface area contributed by atoms with E-state index in [2.05, 4.69) is 67.8 Å². The van der Waals surface area contributed by atoms with Gasteiger partial charge in [0.1, 0.15) is 17.0 Å². The van der Waals surface area contributed by atoms with Gasteiger partial charge < -0.3 is 5.32 Å². The van der Waals surface area contributed by atoms with Gasteiger partial charge in [-0.25, -0.2) is 9.97 Å². The molecule has 4 rings (SSSR count). The van der Waals surface area contributed by atoms with Gasteiger partial charge >= 0.3 is 0 Å². The van der Waals surface area contributed by atoms with Crippen LogP contribution in [0.25, 0.3) is 21.3 Å². The van der Waals surface area contributed by atoms with Gasteiger partial charge in [-0.3, -0.25) is 0 Å². The number of anilines is 2. The molecule has 0 spiro atoms. The molecule has 0 atom stereocenters. The summed E-state index contributed by atoms with van der Waals surface area (Å²) in [7, 11) is 0. The van der Waals surface area contributed by atoms with E-state index >= 15 is 0 Å². The number of benzene rings is 2. The van der Waals surface area contributed by atoms with Crippen LogP contribution in [-0.4, -0.2) is 9.97 Å². The SMILES string of the molecule is CCc1ccc(-c2csc3ncnc(Nc4cccc(Br)c4)c23)cc1. The van der Waals surface area contributed by atoms with E-state index in [-0.39, 0.29) is 0 Å². The maximum atomic E-state index is 4.49. The highest BCUT2D eigenvalue weighted by atomic mass is 79.9. The molecule has 0 bridgehead atoms. The van der Waals surface area contributed by atoms with Gasteiger partial charge in [0, 0.05) is 21.1 Å². The van der Waals surface area contributed by atoms with Gasteiger partial charge in [-0.1, -0.05) is 53.2 Å². The van der Waals surface area contributed by atoms with Crippen molar-refractivity contribution in [2.75, 3.05) is 5.32 Å². The van der Waals surface area contributed by atoms with Crippen LogP contribution in [0.5, 0.6) is 0 Å². The van der Waals surface area contributed by atoms with Crippen LogP contribution < -0.4 is 5.32 Å². The van der Waals surface area contributed by atoms with Crippen molar-refractivity contribution < 1.29 is 0 Å². The topological polar surface area (TPSA) is 37.8 Å². The molecule has 0 saturated heterocycles. The van der Waals surface area contributed by atoms with E-state index in [9.17, 15) is 0 Å². The number of nitrogens with one attached hydrogen (secondary N) is 1. The maximum absolute atomic E-state index is 4.49. The number of aromatic nitrogens is 2. The molecule has 2 heterocycles. The van der Waals surface area contributed by atoms with Crippen LogP contribution in [0.3, 0.4) is 0 Å². The predicted octanol–water partition coefficient (Wildman–Crippen LogP) is 6.43. The molecule has 0 saturated carbocycles. The van der Waals surface area contributed by atoms with Gasteiger partial charge in [0.2, 0.25) is 0 Å². The molecule has 0 aliphatic carbocycles. The van der Waals surface area contributed by atoms with Crippen molar-refractivity contribution in [3.8, 4) is 11.1 Å². The number of hydrogen-bond donors (Lipinski definition) is 1. The summed E-state index contributed by atoms with van der Waals surface area (Å²) in [6.07, 6.45) is 2.66. The van der Waals surface area contributed by atoms with Gasteiger partial charge in [-0.15, -0.1) is 11.3 Å². The zero-order chi connectivity index (χ0) is 17.2. The first-order valence-electron chi connectivity index (χ1n) is 8.08. The zero-order valence-electron chi connectivity index (χ0n) is 13.7. The van der Waals surface area contributed by atoms with Crippen molar-refractivity contribution in [3.63, 3.8) is 0 Å². The fourth-order valence-electron chi connectivity index (χ4n) is 2.81. The molecule has 2 aromatic carbocycles. The van der Waals surface area contributed by atoms with E-state index in [0.29, 0.717) is 0 Å². The van der Waals surface area contributed by atoms with Gasteiger partial charge in [0.05, 0.1) is 5.39 Å². The fourth-order valence-corrected chi connectivity index (χ4v) is 4.12. The molecule has 0 fully saturated rings. The lowest BCUT2D eigenvalue weighted by Crippen LogP contribution is -1.95. The number of halogens is 1. The smallest absolute Gasteiger partial charge is 0.143 e. The highest BCUT2D eigenvalue weighted by Gasteiger charge is 2.13. The number of aryl methyl sites for hydroxylation is 1. The predicted molar refractivity (Wildman–Crippen MR) is 110 cm³/mol. The molecular formula is C20H16BrN3S. The third kappa shape index (κ3) is 3.30. The summed E-state index contributed by atoms with van der Waals surface area (Å²) < 4.78 is 1.03. The average molecular weight is 410 g/mol. The van der Waals surface area contributed by atoms with E-state index in [1.165, 1.54) is 16.7 Å². The number of nitrogens with zero attached hydrogens (tertiary/aromatic N) is 2. The Balaban J connectivity index is 1.81. The molecule has 3 nitrogen and oxygen atoms in total. The van der Waals surface area contributed by atoms with Crippen molar-refractivity contribution in [1.82, 2.24) is 9.97 Å². The molecule has 25 heavy (non-hydrogen) atoms. The Hall–Kier alpha value is -2.24. The number of rotatable bonds is 4. The second-order valence-electron chi connectivity index (χ2n) is 5.74. The fraction of sp³-hybridized carbons (Fsp3) is 0.100. The van der Waals surface area contributed by atoms with Crippen molar-refractivity contribution in [1.29, 1.82) is 0 Å². The van der Waals surface area contributed by atoms with Crippen LogP contribution in [0.4, 0.5) is 11.5 Å². The van der Waals surface area contributed by atoms with Crippen LogP contribution in [0.2, 0.25) is 0 Å². The largest absolute Gasteiger partial charge is 0.340 e. The highest BCUT2D eigenvalue weighted by molar-refractivity contribution is 9.10. The monoisotopic (exact) mass is 409 g/mol. The van der Waals surface area contributed by atoms with Crippen LogP contribution in [0, 0.1) is 0 Å². The summed E-state index contributed by atoms with van der Waals surface area (Å²) in [4.78, 5) is 9.92. The normalized spacial score (nSPS) is 11.0. The molecule has 2 aromatic heterocycles. The van der Waals surface area contributed by atoms with E-state index in [1.807, 2.05) is 24.3 Å². The molecule has 0 aliphatic rings. The lowest BCUT2D eigenvalue weighted by Gasteiger charge is -2.09. The van der Waals surface area contributed by atoms with Crippen LogP contribution >= 0.6 is 27.3 Å². The Kier molecular flexibility index (Phi) is 4.51. The minimum Gasteiger partial charge on any atom is -0.340 e. The lowest BCUT2D eigenvalue weighted by molar-refractivity contribution is 1.14. The van der Waals surface area contributed by atoms with E-state index < -0.39 is 0 Å². The Labute approximate surface area is 158 Å². The Morgan fingerprint density at radius 1 is 1.08 bits per heavy atom. The summed E-state index contributed by atoms with van der Waals surface area (Å²) in [5.74, 6) is 0.832. The Bertz CT molecular complexity index is 1020. The number of hydrogen-bond acceptors (Lipinski definition) is 4. The van der Waals surface area contributed by atoms with Crippen LogP contribution in [0.1, 0.15) is 12.5 Å². The summed E-state index contributed by atoms with van der Waals surface area (Å²) in [6.45, 7) is 2.17. The molecule has 0 unspecified atom stereocenters. The number of fused-ring (bicyclic) bond motifs is 1. The molecule has 4 aromatic rings. The highest BCUT2D eigenvalue weighted by Crippen LogP contribution is 2.37. The first-order valence-corrected chi connectivity index (χ1v) is 9.76. The lowest BCUT2D eigenvalue weighted by atomic mass is 10.0. The minimum atomic E-state index is 0.832. The standard InChI is InChI=1S/C20H16BrN3S/c1-2-13-6-8-14(9-7-13)17-11-25-20-18(17)19(22-12-23-20)24-16-5-3-4-15(21)10-16/h3-12H,2H2,1H3,(H,22,23,24). The third-order valence-electron chi connectivity index (χ3n) is 4.13. The molecule has 0 amide bonds. The van der Waals surface area contributed by atoms with Crippen LogP contribution in [-0.2, 0) is 6.42 Å². The van der Waals surface area contributed by atoms with Crippen molar-refractivity contribution in [3.05, 3.63) is 70.3 Å². The van der Waals surface area contributed by atoms with Gasteiger partial charge in [0.25, 0.3) is 0 Å². The number of thiophene rings is 1. The second kappa shape index (κ2) is 6.94. The zero-order valence-corrected chi connectivity index (χ0v) is 16.1. The van der Waals surface area contributed by atoms with E-state index in [0.717, 1.165) is 32.6 Å². The summed E-state index contributed by atoms with van der Waals surface area (Å²) in [5, 5.41) is 6.66. The van der Waals surface area contributed by atoms with Crippen molar-refractivity contribution >= 4 is 49.0 Å². The van der Waals surface area contributed by atoms with Gasteiger partial charge in [-0.2, -0.15) is 0 Å². The molecule has 124 valence electrons. The first-order chi connectivity index (χ1) is 12.2. The molecule has 0 aliphatic heterocycles. The van der Waals surface area contributed by atoms with Gasteiger partial charge in [0.15, 0.2) is 0 Å². The first kappa shape index (κ1) is 16.2. The van der Waals surface area contributed by atoms with Crippen molar-refractivity contribution in [2.24, 2.45) is 0 Å². The molecular weight excluding hydrogens is 394 g/mol. The van der Waals surface area contributed by atoms with E-state index in [1.54, 1.807) is 17.7 Å². The molecule has 5 heteroatoms. The molecule has 0 radical (unpaired) electrons. The molecule has 1 N–H and O–H groups in total. The third-order valence-corrected chi connectivity index (χ3v) is 5.51. The second-order valence-corrected chi connectivity index (χ2v) is 7.51. The summed E-state index contributed by atoms with van der Waals surface area (Å²) >= 11 is 5.16. The minimum absolute atomic E-state index is 0.832. The Morgan fingerprint density at radius 3 is 2.68 bits per heavy atom. The summed E-state index contributed by atoms with van der Waals surface area (Å²) in [6, 6.07) is 16.8. The summed E-state index contributed by atoms with van der Waals surface area (Å²) in [5.41, 5.74) is 4.69. The quantitative estimate of drug-likeness (QED) is 0.422. The maximum Gasteiger partial charge on any atom is 0.143 e. The average Bonchev–Trinajstić information content (AvgIpc) is 3.07. The Morgan fingerprint density at radius 2 is 1.92 bits per heavy atom. The van der Waals surface area contributed by atoms with Gasteiger partial charge in [-0.05, 0) is 35.7 Å². The van der Waals surface area contributed by atoms with Crippen LogP contribution in [0.15, 0.2) is 64.7 Å².